The Bertz CT molecular complexity index is 566. The molecule has 0 aliphatic rings. The van der Waals surface area contributed by atoms with Crippen molar-refractivity contribution in [1.82, 2.24) is 15.6 Å². The maximum absolute atomic E-state index is 11.6. The minimum Gasteiger partial charge on any atom is -0.361 e. The number of fused-ring (bicyclic) bond motifs is 1. The molecular weight excluding hydrogens is 238 g/mol. The largest absolute Gasteiger partial charge is 0.361 e. The fourth-order valence-corrected chi connectivity index (χ4v) is 2.00. The lowest BCUT2D eigenvalue weighted by atomic mass is 10.1. The Morgan fingerprint density at radius 2 is 2.05 bits per heavy atom. The molecule has 0 atom stereocenters. The molecule has 1 amide bonds. The molecule has 0 bridgehead atoms. The first kappa shape index (κ1) is 13.6. The normalized spacial score (nSPS) is 11.7. The lowest BCUT2D eigenvalue weighted by Crippen LogP contribution is -2.44. The summed E-state index contributed by atoms with van der Waals surface area (Å²) < 4.78 is 0. The molecule has 0 aliphatic carbocycles. The van der Waals surface area contributed by atoms with Crippen LogP contribution in [0.2, 0.25) is 0 Å². The zero-order chi connectivity index (χ0) is 13.9. The molecule has 102 valence electrons. The standard InChI is InChI=1S/C15H21N3O/c1-15(2,3)18-14(19)10-16-9-11-4-5-13-12(8-11)6-7-17-13/h4-8,16-17H,9-10H2,1-3H3,(H,18,19). The van der Waals surface area contributed by atoms with Crippen molar-refractivity contribution in [3.63, 3.8) is 0 Å². The van der Waals surface area contributed by atoms with Crippen LogP contribution < -0.4 is 10.6 Å². The molecule has 19 heavy (non-hydrogen) atoms. The number of aromatic nitrogens is 1. The van der Waals surface area contributed by atoms with E-state index in [2.05, 4.69) is 33.8 Å². The van der Waals surface area contributed by atoms with Crippen molar-refractivity contribution in [3.8, 4) is 0 Å². The Hall–Kier alpha value is -1.81. The summed E-state index contributed by atoms with van der Waals surface area (Å²) in [7, 11) is 0. The fourth-order valence-electron chi connectivity index (χ4n) is 2.00. The maximum atomic E-state index is 11.6. The number of nitrogens with one attached hydrogen (secondary N) is 3. The Balaban J connectivity index is 1.83. The van der Waals surface area contributed by atoms with Crippen molar-refractivity contribution in [3.05, 3.63) is 36.0 Å². The van der Waals surface area contributed by atoms with Gasteiger partial charge in [0.05, 0.1) is 6.54 Å². The van der Waals surface area contributed by atoms with Crippen molar-refractivity contribution >= 4 is 16.8 Å². The van der Waals surface area contributed by atoms with Crippen LogP contribution >= 0.6 is 0 Å². The zero-order valence-corrected chi connectivity index (χ0v) is 11.7. The van der Waals surface area contributed by atoms with Crippen LogP contribution in [0.25, 0.3) is 10.9 Å². The summed E-state index contributed by atoms with van der Waals surface area (Å²) in [6.45, 7) is 6.96. The number of rotatable bonds is 4. The number of hydrogen-bond acceptors (Lipinski definition) is 2. The fraction of sp³-hybridized carbons (Fsp3) is 0.400. The minimum atomic E-state index is -0.178. The van der Waals surface area contributed by atoms with Crippen LogP contribution in [0.15, 0.2) is 30.5 Å². The summed E-state index contributed by atoms with van der Waals surface area (Å²) >= 11 is 0. The average Bonchev–Trinajstić information content (AvgIpc) is 2.73. The van der Waals surface area contributed by atoms with Gasteiger partial charge in [0, 0.05) is 23.8 Å². The Morgan fingerprint density at radius 3 is 2.79 bits per heavy atom. The van der Waals surface area contributed by atoms with Crippen LogP contribution in [-0.4, -0.2) is 23.0 Å². The molecule has 0 saturated heterocycles. The lowest BCUT2D eigenvalue weighted by Gasteiger charge is -2.20. The average molecular weight is 259 g/mol. The monoisotopic (exact) mass is 259 g/mol. The van der Waals surface area contributed by atoms with Crippen LogP contribution in [0.1, 0.15) is 26.3 Å². The second-order valence-electron chi connectivity index (χ2n) is 5.80. The summed E-state index contributed by atoms with van der Waals surface area (Å²) in [5, 5.41) is 7.28. The second kappa shape index (κ2) is 5.45. The number of carbonyl (C=O) groups is 1. The highest BCUT2D eigenvalue weighted by molar-refractivity contribution is 5.80. The SMILES string of the molecule is CC(C)(C)NC(=O)CNCc1ccc2[nH]ccc2c1. The first-order chi connectivity index (χ1) is 8.94. The lowest BCUT2D eigenvalue weighted by molar-refractivity contribution is -0.121. The van der Waals surface area contributed by atoms with Gasteiger partial charge in [-0.15, -0.1) is 0 Å². The first-order valence-electron chi connectivity index (χ1n) is 6.52. The summed E-state index contributed by atoms with van der Waals surface area (Å²) in [6.07, 6.45) is 1.93. The van der Waals surface area contributed by atoms with Gasteiger partial charge in [-0.1, -0.05) is 6.07 Å². The topological polar surface area (TPSA) is 56.9 Å². The van der Waals surface area contributed by atoms with Crippen LogP contribution in [0.4, 0.5) is 0 Å². The molecule has 3 N–H and O–H groups in total. The number of benzene rings is 1. The molecular formula is C15H21N3O. The molecule has 0 radical (unpaired) electrons. The zero-order valence-electron chi connectivity index (χ0n) is 11.7. The van der Waals surface area contributed by atoms with Gasteiger partial charge in [0.1, 0.15) is 0 Å². The maximum Gasteiger partial charge on any atom is 0.234 e. The van der Waals surface area contributed by atoms with E-state index < -0.39 is 0 Å². The third-order valence-electron chi connectivity index (χ3n) is 2.75. The van der Waals surface area contributed by atoms with Gasteiger partial charge >= 0.3 is 0 Å². The molecule has 0 spiro atoms. The molecule has 4 heteroatoms. The summed E-state index contributed by atoms with van der Waals surface area (Å²) in [5.41, 5.74) is 2.13. The predicted octanol–water partition coefficient (Wildman–Crippen LogP) is 2.17. The van der Waals surface area contributed by atoms with Gasteiger partial charge in [0.15, 0.2) is 0 Å². The van der Waals surface area contributed by atoms with Crippen LogP contribution in [-0.2, 0) is 11.3 Å². The quantitative estimate of drug-likeness (QED) is 0.788. The van der Waals surface area contributed by atoms with E-state index in [9.17, 15) is 4.79 Å². The van der Waals surface area contributed by atoms with E-state index in [1.54, 1.807) is 0 Å². The molecule has 0 aliphatic heterocycles. The summed E-state index contributed by atoms with van der Waals surface area (Å²) in [6, 6.07) is 8.29. The number of amides is 1. The predicted molar refractivity (Wildman–Crippen MR) is 77.9 cm³/mol. The third-order valence-corrected chi connectivity index (χ3v) is 2.75. The van der Waals surface area contributed by atoms with E-state index >= 15 is 0 Å². The smallest absolute Gasteiger partial charge is 0.234 e. The minimum absolute atomic E-state index is 0.0234. The highest BCUT2D eigenvalue weighted by Crippen LogP contribution is 2.13. The number of hydrogen-bond donors (Lipinski definition) is 3. The van der Waals surface area contributed by atoms with Gasteiger partial charge in [-0.2, -0.15) is 0 Å². The van der Waals surface area contributed by atoms with E-state index in [0.29, 0.717) is 13.1 Å². The molecule has 0 saturated carbocycles. The van der Waals surface area contributed by atoms with E-state index in [1.165, 1.54) is 10.9 Å². The molecule has 2 aromatic rings. The molecule has 4 nitrogen and oxygen atoms in total. The number of carbonyl (C=O) groups excluding carboxylic acids is 1. The van der Waals surface area contributed by atoms with E-state index in [4.69, 9.17) is 0 Å². The summed E-state index contributed by atoms with van der Waals surface area (Å²) in [5.74, 6) is 0.0234. The molecule has 0 fully saturated rings. The van der Waals surface area contributed by atoms with Gasteiger partial charge in [0.2, 0.25) is 5.91 Å². The molecule has 2 rings (SSSR count). The van der Waals surface area contributed by atoms with Gasteiger partial charge in [-0.25, -0.2) is 0 Å². The van der Waals surface area contributed by atoms with Gasteiger partial charge in [0.25, 0.3) is 0 Å². The Morgan fingerprint density at radius 1 is 1.26 bits per heavy atom. The Labute approximate surface area is 113 Å². The van der Waals surface area contributed by atoms with Gasteiger partial charge < -0.3 is 15.6 Å². The van der Waals surface area contributed by atoms with Crippen molar-refractivity contribution in [1.29, 1.82) is 0 Å². The van der Waals surface area contributed by atoms with E-state index in [-0.39, 0.29) is 11.4 Å². The van der Waals surface area contributed by atoms with Crippen molar-refractivity contribution in [2.45, 2.75) is 32.9 Å². The number of aromatic amines is 1. The highest BCUT2D eigenvalue weighted by atomic mass is 16.2. The van der Waals surface area contributed by atoms with Crippen LogP contribution in [0.5, 0.6) is 0 Å². The molecule has 0 unspecified atom stereocenters. The van der Waals surface area contributed by atoms with Crippen molar-refractivity contribution in [2.24, 2.45) is 0 Å². The van der Waals surface area contributed by atoms with Crippen LogP contribution in [0, 0.1) is 0 Å². The van der Waals surface area contributed by atoms with Crippen molar-refractivity contribution in [2.75, 3.05) is 6.54 Å². The van der Waals surface area contributed by atoms with Crippen molar-refractivity contribution < 1.29 is 4.79 Å². The highest BCUT2D eigenvalue weighted by Gasteiger charge is 2.12. The van der Waals surface area contributed by atoms with Crippen LogP contribution in [0.3, 0.4) is 0 Å². The van der Waals surface area contributed by atoms with Gasteiger partial charge in [-0.3, -0.25) is 4.79 Å². The Kier molecular flexibility index (Phi) is 3.90. The molecule has 1 heterocycles. The second-order valence-corrected chi connectivity index (χ2v) is 5.80. The van der Waals surface area contributed by atoms with Gasteiger partial charge in [-0.05, 0) is 49.9 Å². The third kappa shape index (κ3) is 4.10. The number of H-pyrrole nitrogens is 1. The molecule has 1 aromatic heterocycles. The first-order valence-corrected chi connectivity index (χ1v) is 6.52. The summed E-state index contributed by atoms with van der Waals surface area (Å²) in [4.78, 5) is 14.8. The van der Waals surface area contributed by atoms with E-state index in [0.717, 1.165) is 5.52 Å². The van der Waals surface area contributed by atoms with E-state index in [1.807, 2.05) is 33.0 Å². The molecule has 1 aromatic carbocycles.